The van der Waals surface area contributed by atoms with Crippen molar-refractivity contribution < 1.29 is 9.59 Å². The SMILES string of the molecule is C#CCn1cc(/C=C2\C(=O)NC(=S)N(c3ccc(Br)cc3)C2=O)c2ccccc21. The van der Waals surface area contributed by atoms with Crippen molar-refractivity contribution in [3.8, 4) is 12.3 Å². The lowest BCUT2D eigenvalue weighted by Gasteiger charge is -2.28. The molecule has 0 saturated carbocycles. The molecule has 1 aliphatic heterocycles. The van der Waals surface area contributed by atoms with E-state index in [9.17, 15) is 9.59 Å². The molecular weight excluding hydrogens is 450 g/mol. The Hall–Kier alpha value is -3.21. The molecule has 0 radical (unpaired) electrons. The van der Waals surface area contributed by atoms with Gasteiger partial charge in [0.15, 0.2) is 5.11 Å². The molecule has 142 valence electrons. The second-order valence-electron chi connectivity index (χ2n) is 6.37. The molecule has 0 unspecified atom stereocenters. The third-order valence-electron chi connectivity index (χ3n) is 4.57. The summed E-state index contributed by atoms with van der Waals surface area (Å²) in [6, 6.07) is 14.8. The van der Waals surface area contributed by atoms with Gasteiger partial charge in [-0.1, -0.05) is 40.0 Å². The third kappa shape index (κ3) is 3.48. The van der Waals surface area contributed by atoms with Crippen LogP contribution in [0.4, 0.5) is 5.69 Å². The van der Waals surface area contributed by atoms with Gasteiger partial charge in [-0.05, 0) is 48.6 Å². The van der Waals surface area contributed by atoms with E-state index < -0.39 is 11.8 Å². The zero-order valence-corrected chi connectivity index (χ0v) is 17.5. The summed E-state index contributed by atoms with van der Waals surface area (Å²) in [5.74, 6) is 1.61. The van der Waals surface area contributed by atoms with Crippen LogP contribution in [0, 0.1) is 12.3 Å². The number of nitrogens with one attached hydrogen (secondary N) is 1. The summed E-state index contributed by atoms with van der Waals surface area (Å²) in [5.41, 5.74) is 2.24. The predicted molar refractivity (Wildman–Crippen MR) is 121 cm³/mol. The normalized spacial score (nSPS) is 15.7. The number of para-hydroxylation sites is 1. The number of thiocarbonyl (C=S) groups is 1. The number of hydrogen-bond donors (Lipinski definition) is 1. The van der Waals surface area contributed by atoms with Gasteiger partial charge in [-0.3, -0.25) is 19.8 Å². The van der Waals surface area contributed by atoms with Crippen molar-refractivity contribution in [1.82, 2.24) is 9.88 Å². The number of nitrogens with zero attached hydrogens (tertiary/aromatic N) is 2. The summed E-state index contributed by atoms with van der Waals surface area (Å²) >= 11 is 8.61. The molecule has 0 atom stereocenters. The minimum absolute atomic E-state index is 0.00475. The van der Waals surface area contributed by atoms with Crippen molar-refractivity contribution in [3.05, 3.63) is 70.3 Å². The van der Waals surface area contributed by atoms with Gasteiger partial charge in [0.25, 0.3) is 11.8 Å². The molecule has 1 aliphatic rings. The molecule has 1 saturated heterocycles. The van der Waals surface area contributed by atoms with Crippen LogP contribution in [0.25, 0.3) is 17.0 Å². The molecule has 2 aromatic carbocycles. The Morgan fingerprint density at radius 1 is 1.14 bits per heavy atom. The fraction of sp³-hybridized carbons (Fsp3) is 0.0455. The minimum Gasteiger partial charge on any atom is -0.335 e. The Labute approximate surface area is 181 Å². The summed E-state index contributed by atoms with van der Waals surface area (Å²) in [4.78, 5) is 27.0. The fourth-order valence-electron chi connectivity index (χ4n) is 3.26. The molecule has 3 aromatic rings. The molecule has 1 fully saturated rings. The number of benzene rings is 2. The number of aromatic nitrogens is 1. The second kappa shape index (κ2) is 7.66. The van der Waals surface area contributed by atoms with Crippen LogP contribution in [0.5, 0.6) is 0 Å². The number of anilines is 1. The Kier molecular flexibility index (Phi) is 5.05. The number of fused-ring (bicyclic) bond motifs is 1. The van der Waals surface area contributed by atoms with Gasteiger partial charge in [0.05, 0.1) is 12.2 Å². The number of terminal acetylenes is 1. The summed E-state index contributed by atoms with van der Waals surface area (Å²) in [6.07, 6.45) is 8.90. The maximum Gasteiger partial charge on any atom is 0.270 e. The van der Waals surface area contributed by atoms with Crippen molar-refractivity contribution in [2.75, 3.05) is 4.90 Å². The van der Waals surface area contributed by atoms with Gasteiger partial charge in [-0.2, -0.15) is 0 Å². The van der Waals surface area contributed by atoms with Gasteiger partial charge in [0.2, 0.25) is 0 Å². The van der Waals surface area contributed by atoms with Crippen molar-refractivity contribution >= 4 is 67.7 Å². The molecule has 29 heavy (non-hydrogen) atoms. The third-order valence-corrected chi connectivity index (χ3v) is 5.38. The van der Waals surface area contributed by atoms with Crippen molar-refractivity contribution in [2.45, 2.75) is 6.54 Å². The molecule has 5 nitrogen and oxygen atoms in total. The first-order valence-corrected chi connectivity index (χ1v) is 9.88. The van der Waals surface area contributed by atoms with Gasteiger partial charge in [0, 0.05) is 27.1 Å². The molecule has 4 rings (SSSR count). The highest BCUT2D eigenvalue weighted by Crippen LogP contribution is 2.27. The van der Waals surface area contributed by atoms with Crippen molar-refractivity contribution in [2.24, 2.45) is 0 Å². The number of hydrogen-bond acceptors (Lipinski definition) is 3. The zero-order valence-electron chi connectivity index (χ0n) is 15.1. The van der Waals surface area contributed by atoms with E-state index in [1.165, 1.54) is 4.90 Å². The summed E-state index contributed by atoms with van der Waals surface area (Å²) < 4.78 is 2.78. The number of carbonyl (C=O) groups is 2. The highest BCUT2D eigenvalue weighted by atomic mass is 79.9. The molecule has 1 N–H and O–H groups in total. The number of rotatable bonds is 3. The predicted octanol–water partition coefficient (Wildman–Crippen LogP) is 3.87. The van der Waals surface area contributed by atoms with Gasteiger partial charge in [-0.25, -0.2) is 0 Å². The van der Waals surface area contributed by atoms with E-state index in [2.05, 4.69) is 27.2 Å². The van der Waals surface area contributed by atoms with E-state index >= 15 is 0 Å². The van der Waals surface area contributed by atoms with E-state index in [0.717, 1.165) is 20.9 Å². The number of amides is 2. The van der Waals surface area contributed by atoms with E-state index in [-0.39, 0.29) is 10.7 Å². The number of carbonyl (C=O) groups excluding carboxylic acids is 2. The van der Waals surface area contributed by atoms with Crippen LogP contribution < -0.4 is 10.2 Å². The molecule has 0 aliphatic carbocycles. The highest BCUT2D eigenvalue weighted by molar-refractivity contribution is 9.10. The Balaban J connectivity index is 1.81. The standard InChI is InChI=1S/C22H14BrN3O2S/c1-2-11-25-13-14(17-5-3-4-6-19(17)25)12-18-20(27)24-22(29)26(21(18)28)16-9-7-15(23)8-10-16/h1,3-10,12-13H,11H2,(H,24,27,29)/b18-12+. The summed E-state index contributed by atoms with van der Waals surface area (Å²) in [5, 5.41) is 3.55. The smallest absolute Gasteiger partial charge is 0.270 e. The van der Waals surface area contributed by atoms with Crippen molar-refractivity contribution in [1.29, 1.82) is 0 Å². The average Bonchev–Trinajstić information content (AvgIpc) is 3.04. The quantitative estimate of drug-likeness (QED) is 0.277. The molecule has 2 amide bonds. The lowest BCUT2D eigenvalue weighted by Crippen LogP contribution is -2.54. The van der Waals surface area contributed by atoms with Crippen LogP contribution in [-0.4, -0.2) is 21.5 Å². The van der Waals surface area contributed by atoms with Crippen LogP contribution in [-0.2, 0) is 16.1 Å². The van der Waals surface area contributed by atoms with Gasteiger partial charge in [0.1, 0.15) is 5.57 Å². The first-order valence-electron chi connectivity index (χ1n) is 8.68. The second-order valence-corrected chi connectivity index (χ2v) is 7.67. The van der Waals surface area contributed by atoms with Gasteiger partial charge < -0.3 is 4.57 Å². The maximum atomic E-state index is 13.2. The van der Waals surface area contributed by atoms with Crippen LogP contribution in [0.15, 0.2) is 64.8 Å². The molecule has 0 spiro atoms. The number of halogens is 1. The molecule has 2 heterocycles. The average molecular weight is 464 g/mol. The van der Waals surface area contributed by atoms with Gasteiger partial charge >= 0.3 is 0 Å². The van der Waals surface area contributed by atoms with E-state index in [4.69, 9.17) is 18.6 Å². The van der Waals surface area contributed by atoms with Crippen molar-refractivity contribution in [3.63, 3.8) is 0 Å². The van der Waals surface area contributed by atoms with E-state index in [1.807, 2.05) is 35.0 Å². The Bertz CT molecular complexity index is 1240. The Morgan fingerprint density at radius 3 is 2.59 bits per heavy atom. The van der Waals surface area contributed by atoms with Crippen LogP contribution in [0.1, 0.15) is 5.56 Å². The monoisotopic (exact) mass is 463 g/mol. The van der Waals surface area contributed by atoms with E-state index in [1.54, 1.807) is 30.3 Å². The van der Waals surface area contributed by atoms with Gasteiger partial charge in [-0.15, -0.1) is 6.42 Å². The minimum atomic E-state index is -0.526. The van der Waals surface area contributed by atoms with Crippen LogP contribution in [0.3, 0.4) is 0 Å². The highest BCUT2D eigenvalue weighted by Gasteiger charge is 2.34. The molecule has 7 heteroatoms. The maximum absolute atomic E-state index is 13.2. The first-order chi connectivity index (χ1) is 14.0. The molecular formula is C22H14BrN3O2S. The summed E-state index contributed by atoms with van der Waals surface area (Å²) in [7, 11) is 0. The first kappa shape index (κ1) is 19.1. The topological polar surface area (TPSA) is 54.3 Å². The summed E-state index contributed by atoms with van der Waals surface area (Å²) in [6.45, 7) is 0.388. The molecule has 1 aromatic heterocycles. The van der Waals surface area contributed by atoms with Crippen LogP contribution >= 0.6 is 28.1 Å². The molecule has 0 bridgehead atoms. The largest absolute Gasteiger partial charge is 0.335 e. The van der Waals surface area contributed by atoms with Crippen LogP contribution in [0.2, 0.25) is 0 Å². The fourth-order valence-corrected chi connectivity index (χ4v) is 3.80. The van der Waals surface area contributed by atoms with E-state index in [0.29, 0.717) is 12.2 Å². The zero-order chi connectivity index (χ0) is 20.5. The lowest BCUT2D eigenvalue weighted by molar-refractivity contribution is -0.122. The lowest BCUT2D eigenvalue weighted by atomic mass is 10.1. The Morgan fingerprint density at radius 2 is 1.86 bits per heavy atom.